The third-order valence-corrected chi connectivity index (χ3v) is 1.54. The van der Waals surface area contributed by atoms with Crippen LogP contribution in [0.4, 0.5) is 0 Å². The minimum absolute atomic E-state index is 0.0644. The van der Waals surface area contributed by atoms with Crippen molar-refractivity contribution in [2.24, 2.45) is 0 Å². The van der Waals surface area contributed by atoms with Gasteiger partial charge in [0.2, 0.25) is 0 Å². The molecule has 0 radical (unpaired) electrons. The van der Waals surface area contributed by atoms with Gasteiger partial charge in [0, 0.05) is 6.61 Å². The average Bonchev–Trinajstić information content (AvgIpc) is 2.36. The number of aliphatic hydroxyl groups is 2. The number of benzene rings is 1. The van der Waals surface area contributed by atoms with Crippen LogP contribution >= 0.6 is 0 Å². The highest BCUT2D eigenvalue weighted by Gasteiger charge is 1.87. The first kappa shape index (κ1) is 14.9. The summed E-state index contributed by atoms with van der Waals surface area (Å²) in [6.45, 7) is 3.62. The van der Waals surface area contributed by atoms with Crippen molar-refractivity contribution < 1.29 is 19.7 Å². The third-order valence-electron chi connectivity index (χ3n) is 1.54. The molecule has 1 aromatic carbocycles. The number of hydrogen-bond donors (Lipinski definition) is 2. The van der Waals surface area contributed by atoms with Crippen LogP contribution in [0.3, 0.4) is 0 Å². The van der Waals surface area contributed by atoms with Crippen molar-refractivity contribution in [1.29, 1.82) is 0 Å². The topological polar surface area (TPSA) is 58.9 Å². The fourth-order valence-corrected chi connectivity index (χ4v) is 0.889. The molecule has 0 aromatic heterocycles. The maximum absolute atomic E-state index is 8.40. The van der Waals surface area contributed by atoms with Crippen LogP contribution in [0.25, 0.3) is 0 Å². The van der Waals surface area contributed by atoms with Gasteiger partial charge in [0.15, 0.2) is 0 Å². The molecule has 0 saturated carbocycles. The molecule has 0 aliphatic carbocycles. The number of ether oxygens (including phenoxy) is 2. The van der Waals surface area contributed by atoms with Gasteiger partial charge in [-0.05, 0) is 19.1 Å². The van der Waals surface area contributed by atoms with E-state index in [-0.39, 0.29) is 13.2 Å². The Hall–Kier alpha value is -1.10. The maximum atomic E-state index is 8.40. The average molecular weight is 228 g/mol. The van der Waals surface area contributed by atoms with Crippen LogP contribution in [0, 0.1) is 0 Å². The molecule has 16 heavy (non-hydrogen) atoms. The van der Waals surface area contributed by atoms with Gasteiger partial charge < -0.3 is 19.7 Å². The van der Waals surface area contributed by atoms with Crippen molar-refractivity contribution in [1.82, 2.24) is 0 Å². The normalized spacial score (nSPS) is 9.19. The van der Waals surface area contributed by atoms with Crippen LogP contribution < -0.4 is 4.74 Å². The Bertz CT molecular complexity index is 222. The van der Waals surface area contributed by atoms with Crippen molar-refractivity contribution in [3.63, 3.8) is 0 Å². The van der Waals surface area contributed by atoms with Crippen LogP contribution in [0.1, 0.15) is 6.92 Å². The fourth-order valence-electron chi connectivity index (χ4n) is 0.889. The molecule has 0 aliphatic rings. The number of aliphatic hydroxyl groups excluding tert-OH is 2. The summed E-state index contributed by atoms with van der Waals surface area (Å²) >= 11 is 0. The molecule has 1 aromatic rings. The molecule has 0 amide bonds. The molecule has 0 heterocycles. The van der Waals surface area contributed by atoms with E-state index in [0.717, 1.165) is 5.75 Å². The van der Waals surface area contributed by atoms with Gasteiger partial charge in [-0.25, -0.2) is 0 Å². The van der Waals surface area contributed by atoms with E-state index in [9.17, 15) is 0 Å². The fraction of sp³-hybridized carbons (Fsp3) is 0.500. The molecular weight excluding hydrogens is 208 g/mol. The molecule has 1 rings (SSSR count). The van der Waals surface area contributed by atoms with E-state index in [1.807, 2.05) is 37.3 Å². The van der Waals surface area contributed by atoms with Gasteiger partial charge in [-0.15, -0.1) is 0 Å². The lowest BCUT2D eigenvalue weighted by Gasteiger charge is -2.01. The molecule has 0 unspecified atom stereocenters. The van der Waals surface area contributed by atoms with Crippen molar-refractivity contribution in [2.75, 3.05) is 33.0 Å². The standard InChI is InChI=1S/C8H10O2.C4H10O2/c9-6-7-10-8-4-2-1-3-5-8;1-2-6-4-3-5/h1-5,9H,6-7H2;5H,2-4H2,1H3. The van der Waals surface area contributed by atoms with E-state index in [1.54, 1.807) is 0 Å². The molecule has 4 heteroatoms. The quantitative estimate of drug-likeness (QED) is 0.715. The van der Waals surface area contributed by atoms with Gasteiger partial charge >= 0.3 is 0 Å². The van der Waals surface area contributed by atoms with E-state index < -0.39 is 0 Å². The Morgan fingerprint density at radius 2 is 1.62 bits per heavy atom. The van der Waals surface area contributed by atoms with Crippen molar-refractivity contribution in [3.8, 4) is 5.75 Å². The van der Waals surface area contributed by atoms with Crippen molar-refractivity contribution in [2.45, 2.75) is 6.92 Å². The number of rotatable bonds is 6. The Balaban J connectivity index is 0.000000325. The second-order valence-electron chi connectivity index (χ2n) is 2.81. The number of para-hydroxylation sites is 1. The second kappa shape index (κ2) is 12.0. The van der Waals surface area contributed by atoms with Crippen LogP contribution in [0.2, 0.25) is 0 Å². The van der Waals surface area contributed by atoms with E-state index >= 15 is 0 Å². The molecule has 0 bridgehead atoms. The highest BCUT2D eigenvalue weighted by atomic mass is 16.5. The summed E-state index contributed by atoms with van der Waals surface area (Å²) in [5.74, 6) is 0.802. The molecule has 0 saturated heterocycles. The molecule has 2 N–H and O–H groups in total. The highest BCUT2D eigenvalue weighted by Crippen LogP contribution is 2.06. The van der Waals surface area contributed by atoms with Crippen LogP contribution in [0.15, 0.2) is 30.3 Å². The van der Waals surface area contributed by atoms with Crippen molar-refractivity contribution in [3.05, 3.63) is 30.3 Å². The van der Waals surface area contributed by atoms with Crippen LogP contribution in [0.5, 0.6) is 5.75 Å². The van der Waals surface area contributed by atoms with E-state index in [0.29, 0.717) is 19.8 Å². The number of hydrogen-bond acceptors (Lipinski definition) is 4. The molecule has 0 aliphatic heterocycles. The Kier molecular flexibility index (Phi) is 11.1. The van der Waals surface area contributed by atoms with Gasteiger partial charge in [0.25, 0.3) is 0 Å². The summed E-state index contributed by atoms with van der Waals surface area (Å²) < 4.78 is 9.84. The van der Waals surface area contributed by atoms with E-state index in [1.165, 1.54) is 0 Å². The third kappa shape index (κ3) is 9.45. The monoisotopic (exact) mass is 228 g/mol. The second-order valence-corrected chi connectivity index (χ2v) is 2.81. The smallest absolute Gasteiger partial charge is 0.119 e. The summed E-state index contributed by atoms with van der Waals surface area (Å²) in [6.07, 6.45) is 0. The minimum atomic E-state index is 0.0644. The first-order valence-electron chi connectivity index (χ1n) is 5.32. The zero-order valence-electron chi connectivity index (χ0n) is 9.63. The first-order valence-corrected chi connectivity index (χ1v) is 5.32. The Labute approximate surface area is 96.4 Å². The van der Waals surface area contributed by atoms with E-state index in [4.69, 9.17) is 19.7 Å². The van der Waals surface area contributed by atoms with Gasteiger partial charge in [-0.1, -0.05) is 18.2 Å². The van der Waals surface area contributed by atoms with Crippen molar-refractivity contribution >= 4 is 0 Å². The summed E-state index contributed by atoms with van der Waals surface area (Å²) in [6, 6.07) is 9.43. The van der Waals surface area contributed by atoms with Crippen LogP contribution in [-0.2, 0) is 4.74 Å². The Morgan fingerprint density at radius 3 is 2.06 bits per heavy atom. The summed E-state index contributed by atoms with van der Waals surface area (Å²) in [5.41, 5.74) is 0. The minimum Gasteiger partial charge on any atom is -0.491 e. The predicted octanol–water partition coefficient (Wildman–Crippen LogP) is 1.07. The summed E-state index contributed by atoms with van der Waals surface area (Å²) in [4.78, 5) is 0. The molecular formula is C12H20O4. The van der Waals surface area contributed by atoms with Gasteiger partial charge in [-0.3, -0.25) is 0 Å². The summed E-state index contributed by atoms with van der Waals surface area (Å²) in [7, 11) is 0. The molecule has 92 valence electrons. The lowest BCUT2D eigenvalue weighted by Crippen LogP contribution is -2.00. The van der Waals surface area contributed by atoms with Gasteiger partial charge in [0.1, 0.15) is 12.4 Å². The molecule has 0 fully saturated rings. The maximum Gasteiger partial charge on any atom is 0.119 e. The largest absolute Gasteiger partial charge is 0.491 e. The highest BCUT2D eigenvalue weighted by molar-refractivity contribution is 5.20. The zero-order chi connectivity index (χ0) is 12.1. The lowest BCUT2D eigenvalue weighted by atomic mass is 10.3. The zero-order valence-corrected chi connectivity index (χ0v) is 9.63. The van der Waals surface area contributed by atoms with Crippen LogP contribution in [-0.4, -0.2) is 43.2 Å². The summed E-state index contributed by atoms with van der Waals surface area (Å²) in [5, 5.41) is 16.5. The molecule has 0 atom stereocenters. The molecule has 4 nitrogen and oxygen atoms in total. The molecule has 0 spiro atoms. The first-order chi connectivity index (χ1) is 7.85. The predicted molar refractivity (Wildman–Crippen MR) is 62.6 cm³/mol. The SMILES string of the molecule is CCOCCO.OCCOc1ccccc1. The Morgan fingerprint density at radius 1 is 1.00 bits per heavy atom. The van der Waals surface area contributed by atoms with Gasteiger partial charge in [0.05, 0.1) is 19.8 Å². The van der Waals surface area contributed by atoms with E-state index in [2.05, 4.69) is 0 Å². The van der Waals surface area contributed by atoms with Gasteiger partial charge in [-0.2, -0.15) is 0 Å². The lowest BCUT2D eigenvalue weighted by molar-refractivity contribution is 0.102.